The number of carboxylic acids is 1. The van der Waals surface area contributed by atoms with E-state index in [9.17, 15) is 9.59 Å². The van der Waals surface area contributed by atoms with Crippen molar-refractivity contribution in [1.29, 1.82) is 0 Å². The van der Waals surface area contributed by atoms with E-state index in [4.69, 9.17) is 5.11 Å². The highest BCUT2D eigenvalue weighted by Crippen LogP contribution is 2.10. The third-order valence-corrected chi connectivity index (χ3v) is 1.97. The highest BCUT2D eigenvalue weighted by Gasteiger charge is 2.03. The second-order valence-electron chi connectivity index (χ2n) is 3.43. The summed E-state index contributed by atoms with van der Waals surface area (Å²) in [7, 11) is 1.83. The SMILES string of the molecule is CNCc1cccc(NC(=O)NCC(=O)O)c1. The Kier molecular flexibility index (Phi) is 4.96. The van der Waals surface area contributed by atoms with Gasteiger partial charge in [-0.15, -0.1) is 0 Å². The van der Waals surface area contributed by atoms with Gasteiger partial charge in [-0.05, 0) is 24.7 Å². The Labute approximate surface area is 99.0 Å². The summed E-state index contributed by atoms with van der Waals surface area (Å²) < 4.78 is 0. The van der Waals surface area contributed by atoms with Gasteiger partial charge in [-0.2, -0.15) is 0 Å². The van der Waals surface area contributed by atoms with Crippen LogP contribution in [0.2, 0.25) is 0 Å². The number of anilines is 1. The normalized spacial score (nSPS) is 9.71. The van der Waals surface area contributed by atoms with Crippen molar-refractivity contribution in [2.24, 2.45) is 0 Å². The Morgan fingerprint density at radius 2 is 2.12 bits per heavy atom. The highest BCUT2D eigenvalue weighted by atomic mass is 16.4. The molecular formula is C11H15N3O3. The van der Waals surface area contributed by atoms with Crippen LogP contribution in [-0.4, -0.2) is 30.7 Å². The maximum Gasteiger partial charge on any atom is 0.323 e. The van der Waals surface area contributed by atoms with Gasteiger partial charge in [-0.25, -0.2) is 4.79 Å². The quantitative estimate of drug-likeness (QED) is 0.604. The fourth-order valence-corrected chi connectivity index (χ4v) is 1.29. The number of aliphatic carboxylic acids is 1. The molecule has 0 aliphatic rings. The summed E-state index contributed by atoms with van der Waals surface area (Å²) in [6.45, 7) is 0.300. The number of carbonyl (C=O) groups is 2. The third-order valence-electron chi connectivity index (χ3n) is 1.97. The van der Waals surface area contributed by atoms with Crippen LogP contribution in [0.3, 0.4) is 0 Å². The van der Waals surface area contributed by atoms with Crippen molar-refractivity contribution < 1.29 is 14.7 Å². The van der Waals surface area contributed by atoms with E-state index in [0.717, 1.165) is 5.56 Å². The summed E-state index contributed by atoms with van der Waals surface area (Å²) >= 11 is 0. The van der Waals surface area contributed by atoms with Crippen LogP contribution in [0.25, 0.3) is 0 Å². The average molecular weight is 237 g/mol. The maximum absolute atomic E-state index is 11.3. The van der Waals surface area contributed by atoms with Crippen molar-refractivity contribution in [3.05, 3.63) is 29.8 Å². The second kappa shape index (κ2) is 6.49. The van der Waals surface area contributed by atoms with Crippen LogP contribution in [0.1, 0.15) is 5.56 Å². The topological polar surface area (TPSA) is 90.5 Å². The summed E-state index contributed by atoms with van der Waals surface area (Å²) in [5, 5.41) is 16.2. The fraction of sp³-hybridized carbons (Fsp3) is 0.273. The molecule has 1 aromatic rings. The lowest BCUT2D eigenvalue weighted by Gasteiger charge is -2.07. The van der Waals surface area contributed by atoms with Gasteiger partial charge in [-0.3, -0.25) is 4.79 Å². The van der Waals surface area contributed by atoms with E-state index < -0.39 is 18.5 Å². The van der Waals surface area contributed by atoms with Gasteiger partial charge in [0.2, 0.25) is 0 Å². The molecule has 0 unspecified atom stereocenters. The van der Waals surface area contributed by atoms with Crippen molar-refractivity contribution in [1.82, 2.24) is 10.6 Å². The number of carboxylic acid groups (broad SMARTS) is 1. The van der Waals surface area contributed by atoms with Gasteiger partial charge in [0.15, 0.2) is 0 Å². The Morgan fingerprint density at radius 1 is 1.35 bits per heavy atom. The van der Waals surface area contributed by atoms with Gasteiger partial charge in [0.05, 0.1) is 0 Å². The zero-order valence-corrected chi connectivity index (χ0v) is 9.49. The first-order chi connectivity index (χ1) is 8.11. The van der Waals surface area contributed by atoms with Gasteiger partial charge in [-0.1, -0.05) is 12.1 Å². The zero-order chi connectivity index (χ0) is 12.7. The fourth-order valence-electron chi connectivity index (χ4n) is 1.29. The summed E-state index contributed by atoms with van der Waals surface area (Å²) in [6.07, 6.45) is 0. The van der Waals surface area contributed by atoms with E-state index in [1.807, 2.05) is 25.2 Å². The monoisotopic (exact) mass is 237 g/mol. The molecule has 6 nitrogen and oxygen atoms in total. The molecule has 0 saturated heterocycles. The smallest absolute Gasteiger partial charge is 0.323 e. The second-order valence-corrected chi connectivity index (χ2v) is 3.43. The Morgan fingerprint density at radius 3 is 2.76 bits per heavy atom. The van der Waals surface area contributed by atoms with E-state index in [0.29, 0.717) is 12.2 Å². The molecule has 0 saturated carbocycles. The number of urea groups is 1. The first kappa shape index (κ1) is 13.0. The van der Waals surface area contributed by atoms with Crippen LogP contribution in [0, 0.1) is 0 Å². The molecule has 0 aliphatic heterocycles. The molecule has 92 valence electrons. The lowest BCUT2D eigenvalue weighted by atomic mass is 10.2. The number of amides is 2. The summed E-state index contributed by atoms with van der Waals surface area (Å²) in [5.74, 6) is -1.08. The zero-order valence-electron chi connectivity index (χ0n) is 9.49. The molecule has 0 radical (unpaired) electrons. The number of hydrogen-bond donors (Lipinski definition) is 4. The van der Waals surface area contributed by atoms with Crippen LogP contribution in [0.4, 0.5) is 10.5 Å². The summed E-state index contributed by atoms with van der Waals surface area (Å²) in [6, 6.07) is 6.76. The van der Waals surface area contributed by atoms with Crippen LogP contribution in [0.15, 0.2) is 24.3 Å². The molecule has 0 heterocycles. The molecule has 0 spiro atoms. The summed E-state index contributed by atoms with van der Waals surface area (Å²) in [5.41, 5.74) is 1.66. The molecule has 1 rings (SSSR count). The molecule has 4 N–H and O–H groups in total. The van der Waals surface area contributed by atoms with E-state index in [1.54, 1.807) is 6.07 Å². The number of nitrogens with one attached hydrogen (secondary N) is 3. The van der Waals surface area contributed by atoms with Gasteiger partial charge < -0.3 is 21.1 Å². The van der Waals surface area contributed by atoms with Gasteiger partial charge in [0.1, 0.15) is 6.54 Å². The van der Waals surface area contributed by atoms with Crippen LogP contribution in [0.5, 0.6) is 0 Å². The molecule has 0 atom stereocenters. The molecular weight excluding hydrogens is 222 g/mol. The van der Waals surface area contributed by atoms with E-state index in [2.05, 4.69) is 16.0 Å². The van der Waals surface area contributed by atoms with Crippen molar-refractivity contribution in [3.63, 3.8) is 0 Å². The van der Waals surface area contributed by atoms with Crippen molar-refractivity contribution >= 4 is 17.7 Å². The lowest BCUT2D eigenvalue weighted by Crippen LogP contribution is -2.33. The number of rotatable bonds is 5. The minimum atomic E-state index is -1.08. The molecule has 0 fully saturated rings. The minimum Gasteiger partial charge on any atom is -0.480 e. The van der Waals surface area contributed by atoms with E-state index in [1.165, 1.54) is 0 Å². The molecule has 0 aromatic heterocycles. The Balaban J connectivity index is 2.52. The molecule has 0 bridgehead atoms. The van der Waals surface area contributed by atoms with Crippen LogP contribution >= 0.6 is 0 Å². The van der Waals surface area contributed by atoms with Gasteiger partial charge in [0.25, 0.3) is 0 Å². The summed E-state index contributed by atoms with van der Waals surface area (Å²) in [4.78, 5) is 21.5. The molecule has 6 heteroatoms. The lowest BCUT2D eigenvalue weighted by molar-refractivity contribution is -0.135. The third kappa shape index (κ3) is 4.98. The van der Waals surface area contributed by atoms with E-state index in [-0.39, 0.29) is 0 Å². The molecule has 1 aromatic carbocycles. The standard InChI is InChI=1S/C11H15N3O3/c1-12-6-8-3-2-4-9(5-8)14-11(17)13-7-10(15)16/h2-5,12H,6-7H2,1H3,(H,15,16)(H2,13,14,17). The van der Waals surface area contributed by atoms with Crippen molar-refractivity contribution in [2.75, 3.05) is 18.9 Å². The first-order valence-electron chi connectivity index (χ1n) is 5.12. The van der Waals surface area contributed by atoms with Crippen molar-refractivity contribution in [2.45, 2.75) is 6.54 Å². The van der Waals surface area contributed by atoms with E-state index >= 15 is 0 Å². The van der Waals surface area contributed by atoms with Crippen LogP contribution in [-0.2, 0) is 11.3 Å². The van der Waals surface area contributed by atoms with Crippen molar-refractivity contribution in [3.8, 4) is 0 Å². The predicted molar refractivity (Wildman–Crippen MR) is 63.9 cm³/mol. The highest BCUT2D eigenvalue weighted by molar-refractivity contribution is 5.91. The number of benzene rings is 1. The molecule has 17 heavy (non-hydrogen) atoms. The predicted octanol–water partition coefficient (Wildman–Crippen LogP) is 0.612. The Bertz CT molecular complexity index is 407. The average Bonchev–Trinajstić information content (AvgIpc) is 2.27. The van der Waals surface area contributed by atoms with Gasteiger partial charge >= 0.3 is 12.0 Å². The Hall–Kier alpha value is -2.08. The van der Waals surface area contributed by atoms with Crippen LogP contribution < -0.4 is 16.0 Å². The maximum atomic E-state index is 11.3. The molecule has 0 aliphatic carbocycles. The number of hydrogen-bond acceptors (Lipinski definition) is 3. The minimum absolute atomic E-state index is 0.401. The number of carbonyl (C=O) groups excluding carboxylic acids is 1. The largest absolute Gasteiger partial charge is 0.480 e. The molecule has 2 amide bonds. The first-order valence-corrected chi connectivity index (χ1v) is 5.12. The van der Waals surface area contributed by atoms with Gasteiger partial charge in [0, 0.05) is 12.2 Å².